The summed E-state index contributed by atoms with van der Waals surface area (Å²) in [5.74, 6) is 2.78. The molecule has 0 aromatic carbocycles. The van der Waals surface area contributed by atoms with Gasteiger partial charge in [0, 0.05) is 5.87 Å². The van der Waals surface area contributed by atoms with E-state index < -0.39 is 0 Å². The number of rotatable bonds is 0. The molecule has 0 saturated heterocycles. The summed E-state index contributed by atoms with van der Waals surface area (Å²) in [5.41, 5.74) is 0. The van der Waals surface area contributed by atoms with Gasteiger partial charge < -0.3 is 0 Å². The molecule has 1 rings (SSSR count). The minimum Gasteiger partial charge on any atom is -0.275 e. The average Bonchev–Trinajstić information content (AvgIpc) is 1.84. The van der Waals surface area contributed by atoms with Crippen molar-refractivity contribution in [2.75, 3.05) is 20.8 Å². The SMILES string of the molecule is C[N+]1(C)C=C=NC1. The van der Waals surface area contributed by atoms with Gasteiger partial charge in [-0.2, -0.15) is 4.99 Å². The van der Waals surface area contributed by atoms with Gasteiger partial charge in [0.1, 0.15) is 0 Å². The molecule has 1 heterocycles. The zero-order chi connectivity index (χ0) is 5.33. The third-order valence-electron chi connectivity index (χ3n) is 0.934. The van der Waals surface area contributed by atoms with E-state index in [4.69, 9.17) is 0 Å². The van der Waals surface area contributed by atoms with Gasteiger partial charge >= 0.3 is 0 Å². The van der Waals surface area contributed by atoms with Gasteiger partial charge in [0.05, 0.1) is 14.1 Å². The molecule has 0 aromatic heterocycles. The van der Waals surface area contributed by atoms with E-state index in [1.54, 1.807) is 0 Å². The lowest BCUT2D eigenvalue weighted by Crippen LogP contribution is -2.30. The minimum atomic E-state index is 0.847. The molecule has 38 valence electrons. The smallest absolute Gasteiger partial charge is 0.185 e. The summed E-state index contributed by atoms with van der Waals surface area (Å²) >= 11 is 0. The van der Waals surface area contributed by atoms with Crippen LogP contribution in [0.15, 0.2) is 11.2 Å². The van der Waals surface area contributed by atoms with Crippen LogP contribution in [0.2, 0.25) is 0 Å². The Kier molecular flexibility index (Phi) is 0.775. The van der Waals surface area contributed by atoms with Crippen molar-refractivity contribution in [2.45, 2.75) is 0 Å². The Hall–Kier alpha value is -0.590. The number of quaternary nitrogens is 1. The maximum atomic E-state index is 3.90. The number of hydrogen-bond acceptors (Lipinski definition) is 1. The van der Waals surface area contributed by atoms with E-state index in [9.17, 15) is 0 Å². The molecule has 0 unspecified atom stereocenters. The first kappa shape index (κ1) is 4.57. The van der Waals surface area contributed by atoms with Crippen LogP contribution in [0, 0.1) is 0 Å². The summed E-state index contributed by atoms with van der Waals surface area (Å²) in [5, 5.41) is 0. The van der Waals surface area contributed by atoms with Crippen LogP contribution in [0.3, 0.4) is 0 Å². The van der Waals surface area contributed by atoms with E-state index >= 15 is 0 Å². The number of aliphatic imine (C=N–C) groups is 1. The Morgan fingerprint density at radius 1 is 1.71 bits per heavy atom. The fourth-order valence-electron chi connectivity index (χ4n) is 0.461. The zero-order valence-corrected chi connectivity index (χ0v) is 4.68. The molecular weight excluding hydrogens is 88.1 g/mol. The molecule has 0 bridgehead atoms. The van der Waals surface area contributed by atoms with E-state index in [1.165, 1.54) is 0 Å². The van der Waals surface area contributed by atoms with E-state index in [0.717, 1.165) is 11.2 Å². The van der Waals surface area contributed by atoms with Crippen LogP contribution in [0.25, 0.3) is 0 Å². The molecular formula is C5H9N2+. The summed E-state index contributed by atoms with van der Waals surface area (Å²) in [6.07, 6.45) is 1.94. The second kappa shape index (κ2) is 1.19. The first-order valence-electron chi connectivity index (χ1n) is 2.30. The van der Waals surface area contributed by atoms with Crippen molar-refractivity contribution in [3.63, 3.8) is 0 Å². The predicted molar refractivity (Wildman–Crippen MR) is 29.0 cm³/mol. The molecule has 2 heteroatoms. The van der Waals surface area contributed by atoms with Crippen molar-refractivity contribution >= 4 is 5.87 Å². The molecule has 0 atom stereocenters. The third-order valence-corrected chi connectivity index (χ3v) is 0.934. The Bertz CT molecular complexity index is 129. The molecule has 7 heavy (non-hydrogen) atoms. The molecule has 1 aliphatic heterocycles. The second-order valence-corrected chi connectivity index (χ2v) is 2.34. The fraction of sp³-hybridized carbons (Fsp3) is 0.600. The molecule has 0 radical (unpaired) electrons. The zero-order valence-electron chi connectivity index (χ0n) is 4.68. The van der Waals surface area contributed by atoms with Crippen LogP contribution in [0.5, 0.6) is 0 Å². The van der Waals surface area contributed by atoms with Crippen molar-refractivity contribution in [3.8, 4) is 0 Å². The van der Waals surface area contributed by atoms with Crippen molar-refractivity contribution in [2.24, 2.45) is 4.99 Å². The molecule has 2 nitrogen and oxygen atoms in total. The molecule has 1 aliphatic rings. The molecule has 0 aromatic rings. The Morgan fingerprint density at radius 2 is 2.43 bits per heavy atom. The maximum absolute atomic E-state index is 3.90. The second-order valence-electron chi connectivity index (χ2n) is 2.34. The number of nitrogens with zero attached hydrogens (tertiary/aromatic N) is 2. The lowest BCUT2D eigenvalue weighted by molar-refractivity contribution is -0.833. The van der Waals surface area contributed by atoms with Gasteiger partial charge in [-0.05, 0) is 0 Å². The highest BCUT2D eigenvalue weighted by Gasteiger charge is 2.11. The highest BCUT2D eigenvalue weighted by Crippen LogP contribution is 1.98. The van der Waals surface area contributed by atoms with Gasteiger partial charge in [0.15, 0.2) is 12.9 Å². The molecule has 0 saturated carbocycles. The van der Waals surface area contributed by atoms with Crippen molar-refractivity contribution < 1.29 is 4.48 Å². The first-order valence-corrected chi connectivity index (χ1v) is 2.30. The maximum Gasteiger partial charge on any atom is 0.185 e. The van der Waals surface area contributed by atoms with E-state index in [2.05, 4.69) is 25.0 Å². The van der Waals surface area contributed by atoms with Crippen LogP contribution in [0.4, 0.5) is 0 Å². The summed E-state index contributed by atoms with van der Waals surface area (Å²) in [6, 6.07) is 0. The van der Waals surface area contributed by atoms with Crippen molar-refractivity contribution in [1.82, 2.24) is 0 Å². The van der Waals surface area contributed by atoms with Gasteiger partial charge in [-0.3, -0.25) is 4.48 Å². The molecule has 0 fully saturated rings. The van der Waals surface area contributed by atoms with Crippen LogP contribution in [0.1, 0.15) is 0 Å². The molecule has 0 aliphatic carbocycles. The molecule has 0 N–H and O–H groups in total. The quantitative estimate of drug-likeness (QED) is 0.383. The van der Waals surface area contributed by atoms with Crippen LogP contribution < -0.4 is 0 Å². The summed E-state index contributed by atoms with van der Waals surface area (Å²) in [7, 11) is 4.17. The lowest BCUT2D eigenvalue weighted by atomic mass is 10.7. The Morgan fingerprint density at radius 3 is 2.57 bits per heavy atom. The lowest BCUT2D eigenvalue weighted by Gasteiger charge is -2.15. The van der Waals surface area contributed by atoms with Gasteiger partial charge in [0.25, 0.3) is 0 Å². The normalized spacial score (nSPS) is 23.7. The molecule has 0 amide bonds. The third kappa shape index (κ3) is 0.889. The Balaban J connectivity index is 2.69. The summed E-state index contributed by atoms with van der Waals surface area (Å²) < 4.78 is 0.847. The Labute approximate surface area is 43.4 Å². The number of hydrogen-bond donors (Lipinski definition) is 0. The summed E-state index contributed by atoms with van der Waals surface area (Å²) in [6.45, 7) is 0.847. The van der Waals surface area contributed by atoms with Gasteiger partial charge in [-0.1, -0.05) is 0 Å². The van der Waals surface area contributed by atoms with Gasteiger partial charge in [0.2, 0.25) is 0 Å². The van der Waals surface area contributed by atoms with E-state index in [1.807, 2.05) is 6.20 Å². The fourth-order valence-corrected chi connectivity index (χ4v) is 0.461. The average molecular weight is 97.1 g/mol. The van der Waals surface area contributed by atoms with Crippen molar-refractivity contribution in [3.05, 3.63) is 6.20 Å². The van der Waals surface area contributed by atoms with E-state index in [0.29, 0.717) is 0 Å². The first-order chi connectivity index (χ1) is 3.21. The van der Waals surface area contributed by atoms with Crippen LogP contribution in [-0.4, -0.2) is 31.1 Å². The summed E-state index contributed by atoms with van der Waals surface area (Å²) in [4.78, 5) is 3.90. The topological polar surface area (TPSA) is 12.4 Å². The standard InChI is InChI=1S/C5H9N2/c1-7(2)4-3-6-5-7/h4H,5H2,1-2H3/q+1. The largest absolute Gasteiger partial charge is 0.275 e. The molecule has 0 spiro atoms. The van der Waals surface area contributed by atoms with E-state index in [-0.39, 0.29) is 0 Å². The van der Waals surface area contributed by atoms with Gasteiger partial charge in [-0.15, -0.1) is 0 Å². The monoisotopic (exact) mass is 97.1 g/mol. The van der Waals surface area contributed by atoms with Gasteiger partial charge in [-0.25, -0.2) is 0 Å². The highest BCUT2D eigenvalue weighted by molar-refractivity contribution is 5.50. The van der Waals surface area contributed by atoms with Crippen molar-refractivity contribution in [1.29, 1.82) is 0 Å². The van der Waals surface area contributed by atoms with Crippen LogP contribution >= 0.6 is 0 Å². The predicted octanol–water partition coefficient (Wildman–Crippen LogP) is 0.217. The van der Waals surface area contributed by atoms with Crippen LogP contribution in [-0.2, 0) is 0 Å². The highest BCUT2D eigenvalue weighted by atomic mass is 15.4. The minimum absolute atomic E-state index is 0.847.